The van der Waals surface area contributed by atoms with Crippen molar-refractivity contribution in [1.82, 2.24) is 4.57 Å². The average molecular weight is 457 g/mol. The van der Waals surface area contributed by atoms with Gasteiger partial charge in [-0.15, -0.1) is 6.58 Å². The van der Waals surface area contributed by atoms with Gasteiger partial charge in [-0.1, -0.05) is 29.0 Å². The van der Waals surface area contributed by atoms with Crippen molar-refractivity contribution >= 4 is 50.4 Å². The molecule has 0 bridgehead atoms. The molecule has 2 aromatic carbocycles. The van der Waals surface area contributed by atoms with E-state index in [1.54, 1.807) is 24.3 Å². The molecule has 7 nitrogen and oxygen atoms in total. The van der Waals surface area contributed by atoms with E-state index in [9.17, 15) is 14.9 Å². The highest BCUT2D eigenvalue weighted by atomic mass is 35.5. The number of allylic oxidation sites excluding steroid dienone is 1. The molecule has 0 saturated carbocycles. The standard InChI is InChI=1S/C22H21ClN4O3S/c1-2-10-26-18-9-7-16(23)14-20(18)31-22(26)24-21(28)15-6-8-17(19(13-15)27(29)30)25-11-4-3-5-12-25/h2,6-9,13-14H,1,3-5,10-12H2. The van der Waals surface area contributed by atoms with Crippen molar-refractivity contribution in [1.29, 1.82) is 0 Å². The van der Waals surface area contributed by atoms with E-state index in [0.717, 1.165) is 42.6 Å². The molecule has 31 heavy (non-hydrogen) atoms. The minimum absolute atomic E-state index is 0.0648. The Hall–Kier alpha value is -2.97. The number of fused-ring (bicyclic) bond motifs is 1. The molecule has 4 rings (SSSR count). The summed E-state index contributed by atoms with van der Waals surface area (Å²) in [5.41, 5.74) is 1.57. The molecule has 1 aromatic heterocycles. The third kappa shape index (κ3) is 4.40. The lowest BCUT2D eigenvalue weighted by Gasteiger charge is -2.28. The molecule has 1 aliphatic rings. The monoisotopic (exact) mass is 456 g/mol. The van der Waals surface area contributed by atoms with E-state index in [0.29, 0.717) is 22.1 Å². The normalized spacial score (nSPS) is 14.7. The molecular weight excluding hydrogens is 436 g/mol. The molecule has 1 saturated heterocycles. The number of carbonyl (C=O) groups is 1. The van der Waals surface area contributed by atoms with Crippen LogP contribution in [-0.4, -0.2) is 28.5 Å². The first-order valence-electron chi connectivity index (χ1n) is 10.00. The number of hydrogen-bond acceptors (Lipinski definition) is 5. The molecule has 0 unspecified atom stereocenters. The number of nitro benzene ring substituents is 1. The van der Waals surface area contributed by atoms with Crippen LogP contribution in [0.25, 0.3) is 10.2 Å². The minimum Gasteiger partial charge on any atom is -0.366 e. The van der Waals surface area contributed by atoms with Gasteiger partial charge in [0, 0.05) is 36.3 Å². The third-order valence-corrected chi connectivity index (χ3v) is 6.55. The summed E-state index contributed by atoms with van der Waals surface area (Å²) in [7, 11) is 0. The highest BCUT2D eigenvalue weighted by Gasteiger charge is 2.23. The van der Waals surface area contributed by atoms with Crippen LogP contribution in [0.15, 0.2) is 54.0 Å². The SMILES string of the molecule is C=CCn1c(=NC(=O)c2ccc(N3CCCCC3)c([N+](=O)[O-])c2)sc2cc(Cl)ccc21. The van der Waals surface area contributed by atoms with Crippen molar-refractivity contribution in [2.75, 3.05) is 18.0 Å². The maximum absolute atomic E-state index is 12.9. The predicted molar refractivity (Wildman–Crippen MR) is 124 cm³/mol. The Kier molecular flexibility index (Phi) is 6.20. The van der Waals surface area contributed by atoms with Crippen LogP contribution in [-0.2, 0) is 6.54 Å². The smallest absolute Gasteiger partial charge is 0.293 e. The van der Waals surface area contributed by atoms with E-state index in [-0.39, 0.29) is 11.3 Å². The number of piperidine rings is 1. The molecule has 2 heterocycles. The summed E-state index contributed by atoms with van der Waals surface area (Å²) in [5, 5.41) is 12.3. The molecular formula is C22H21ClN4O3S. The van der Waals surface area contributed by atoms with Crippen molar-refractivity contribution in [3.8, 4) is 0 Å². The topological polar surface area (TPSA) is 80.7 Å². The molecule has 3 aromatic rings. The fraction of sp³-hybridized carbons (Fsp3) is 0.273. The lowest BCUT2D eigenvalue weighted by molar-refractivity contribution is -0.384. The quantitative estimate of drug-likeness (QED) is 0.301. The second-order valence-electron chi connectivity index (χ2n) is 7.32. The molecule has 0 radical (unpaired) electrons. The summed E-state index contributed by atoms with van der Waals surface area (Å²) in [6.07, 6.45) is 4.87. The first-order valence-corrected chi connectivity index (χ1v) is 11.2. The summed E-state index contributed by atoms with van der Waals surface area (Å²) in [5.74, 6) is -0.524. The van der Waals surface area contributed by atoms with Crippen LogP contribution in [0.4, 0.5) is 11.4 Å². The Morgan fingerprint density at radius 3 is 2.71 bits per heavy atom. The number of rotatable bonds is 5. The van der Waals surface area contributed by atoms with Gasteiger partial charge in [0.1, 0.15) is 5.69 Å². The van der Waals surface area contributed by atoms with E-state index in [1.807, 2.05) is 21.6 Å². The zero-order chi connectivity index (χ0) is 22.0. The highest BCUT2D eigenvalue weighted by Crippen LogP contribution is 2.31. The van der Waals surface area contributed by atoms with Gasteiger partial charge in [0.25, 0.3) is 11.6 Å². The number of benzene rings is 2. The van der Waals surface area contributed by atoms with Crippen molar-refractivity contribution in [2.24, 2.45) is 4.99 Å². The summed E-state index contributed by atoms with van der Waals surface area (Å²) < 4.78 is 2.77. The minimum atomic E-state index is -0.524. The van der Waals surface area contributed by atoms with Crippen LogP contribution >= 0.6 is 22.9 Å². The van der Waals surface area contributed by atoms with Crippen molar-refractivity contribution in [2.45, 2.75) is 25.8 Å². The maximum atomic E-state index is 12.9. The largest absolute Gasteiger partial charge is 0.366 e. The van der Waals surface area contributed by atoms with Gasteiger partial charge in [0.15, 0.2) is 4.80 Å². The van der Waals surface area contributed by atoms with Crippen LogP contribution in [0.3, 0.4) is 0 Å². The van der Waals surface area contributed by atoms with E-state index >= 15 is 0 Å². The van der Waals surface area contributed by atoms with E-state index in [1.165, 1.54) is 17.4 Å². The van der Waals surface area contributed by atoms with Gasteiger partial charge < -0.3 is 9.47 Å². The Labute approximate surface area is 188 Å². The van der Waals surface area contributed by atoms with Gasteiger partial charge in [-0.25, -0.2) is 0 Å². The van der Waals surface area contributed by atoms with Gasteiger partial charge in [-0.3, -0.25) is 14.9 Å². The summed E-state index contributed by atoms with van der Waals surface area (Å²) in [6, 6.07) is 10.1. The summed E-state index contributed by atoms with van der Waals surface area (Å²) in [4.78, 5) is 31.0. The van der Waals surface area contributed by atoms with Crippen LogP contribution in [0, 0.1) is 10.1 Å². The highest BCUT2D eigenvalue weighted by molar-refractivity contribution is 7.16. The van der Waals surface area contributed by atoms with Crippen LogP contribution in [0.2, 0.25) is 5.02 Å². The first-order chi connectivity index (χ1) is 15.0. The van der Waals surface area contributed by atoms with Crippen LogP contribution < -0.4 is 9.70 Å². The van der Waals surface area contributed by atoms with Crippen molar-refractivity contribution in [3.05, 3.63) is 74.6 Å². The maximum Gasteiger partial charge on any atom is 0.293 e. The molecule has 1 amide bonds. The van der Waals surface area contributed by atoms with Crippen molar-refractivity contribution in [3.63, 3.8) is 0 Å². The zero-order valence-corrected chi connectivity index (χ0v) is 18.4. The molecule has 9 heteroatoms. The first kappa shape index (κ1) is 21.3. The fourth-order valence-corrected chi connectivity index (χ4v) is 5.11. The van der Waals surface area contributed by atoms with Gasteiger partial charge in [-0.05, 0) is 49.6 Å². The molecule has 1 fully saturated rings. The third-order valence-electron chi connectivity index (χ3n) is 5.27. The molecule has 160 valence electrons. The molecule has 1 aliphatic heterocycles. The molecule has 0 N–H and O–H groups in total. The Bertz CT molecular complexity index is 1240. The number of hydrogen-bond donors (Lipinski definition) is 0. The number of nitrogens with zero attached hydrogens (tertiary/aromatic N) is 4. The lowest BCUT2D eigenvalue weighted by atomic mass is 10.1. The van der Waals surface area contributed by atoms with Gasteiger partial charge >= 0.3 is 0 Å². The zero-order valence-electron chi connectivity index (χ0n) is 16.8. The predicted octanol–water partition coefficient (Wildman–Crippen LogP) is 5.18. The van der Waals surface area contributed by atoms with Gasteiger partial charge in [0.2, 0.25) is 0 Å². The van der Waals surface area contributed by atoms with Crippen molar-refractivity contribution < 1.29 is 9.72 Å². The molecule has 0 spiro atoms. The second-order valence-corrected chi connectivity index (χ2v) is 8.77. The summed E-state index contributed by atoms with van der Waals surface area (Å²) >= 11 is 7.44. The van der Waals surface area contributed by atoms with Gasteiger partial charge in [-0.2, -0.15) is 4.99 Å². The number of anilines is 1. The molecule has 0 atom stereocenters. The van der Waals surface area contributed by atoms with E-state index in [2.05, 4.69) is 11.6 Å². The van der Waals surface area contributed by atoms with E-state index in [4.69, 9.17) is 11.6 Å². The number of amides is 1. The number of aromatic nitrogens is 1. The lowest BCUT2D eigenvalue weighted by Crippen LogP contribution is -2.30. The van der Waals surface area contributed by atoms with Gasteiger partial charge in [0.05, 0.1) is 15.1 Å². The number of carbonyl (C=O) groups excluding carboxylic acids is 1. The van der Waals surface area contributed by atoms with E-state index < -0.39 is 10.8 Å². The molecule has 0 aliphatic carbocycles. The summed E-state index contributed by atoms with van der Waals surface area (Å²) in [6.45, 7) is 5.81. The van der Waals surface area contributed by atoms with Crippen LogP contribution in [0.1, 0.15) is 29.6 Å². The number of thiazole rings is 1. The number of halogens is 1. The Balaban J connectivity index is 1.75. The second kappa shape index (κ2) is 9.03. The number of nitro groups is 1. The fourth-order valence-electron chi connectivity index (χ4n) is 3.79. The van der Waals surface area contributed by atoms with Crippen LogP contribution in [0.5, 0.6) is 0 Å². The average Bonchev–Trinajstić information content (AvgIpc) is 3.10. The Morgan fingerprint density at radius 1 is 1.23 bits per heavy atom. The Morgan fingerprint density at radius 2 is 2.00 bits per heavy atom.